The van der Waals surface area contributed by atoms with Gasteiger partial charge < -0.3 is 4.74 Å². The Bertz CT molecular complexity index is 717. The Balaban J connectivity index is 1.79. The minimum absolute atomic E-state index is 0.0112. The van der Waals surface area contributed by atoms with E-state index in [0.717, 1.165) is 11.3 Å². The zero-order valence-electron chi connectivity index (χ0n) is 11.1. The topological polar surface area (TPSA) is 93.8 Å². The molecule has 0 atom stereocenters. The van der Waals surface area contributed by atoms with Gasteiger partial charge in [0.15, 0.2) is 6.61 Å². The molecule has 7 nitrogen and oxygen atoms in total. The molecule has 1 aromatic heterocycles. The van der Waals surface area contributed by atoms with E-state index in [4.69, 9.17) is 16.3 Å². The van der Waals surface area contributed by atoms with Gasteiger partial charge in [0.1, 0.15) is 5.75 Å². The van der Waals surface area contributed by atoms with Gasteiger partial charge in [-0.05, 0) is 24.3 Å². The summed E-state index contributed by atoms with van der Waals surface area (Å²) < 4.78 is 5.23. The Morgan fingerprint density at radius 3 is 2.95 bits per heavy atom. The third kappa shape index (κ3) is 4.83. The molecule has 22 heavy (non-hydrogen) atoms. The number of thiophene rings is 1. The highest BCUT2D eigenvalue weighted by Gasteiger charge is 2.08. The van der Waals surface area contributed by atoms with Gasteiger partial charge in [0, 0.05) is 11.1 Å². The molecule has 1 aromatic carbocycles. The fraction of sp³-hybridized carbons (Fsp3) is 0.0769. The van der Waals surface area contributed by atoms with E-state index in [0.29, 0.717) is 15.6 Å². The van der Waals surface area contributed by atoms with Crippen molar-refractivity contribution in [3.05, 3.63) is 56.4 Å². The number of carbonyl (C=O) groups excluding carboxylic acids is 1. The van der Waals surface area contributed by atoms with Gasteiger partial charge in [0.25, 0.3) is 5.91 Å². The summed E-state index contributed by atoms with van der Waals surface area (Å²) in [5.41, 5.74) is 2.26. The molecule has 0 spiro atoms. The van der Waals surface area contributed by atoms with Crippen molar-refractivity contribution in [1.82, 2.24) is 5.43 Å². The van der Waals surface area contributed by atoms with Gasteiger partial charge in [-0.25, -0.2) is 5.43 Å². The number of amides is 1. The van der Waals surface area contributed by atoms with Gasteiger partial charge in [0.2, 0.25) is 0 Å². The van der Waals surface area contributed by atoms with Gasteiger partial charge in [-0.15, -0.1) is 0 Å². The molecule has 0 aliphatic heterocycles. The van der Waals surface area contributed by atoms with Crippen LogP contribution in [0, 0.1) is 10.1 Å². The number of hydrazone groups is 1. The molecule has 0 bridgehead atoms. The standard InChI is InChI=1S/C13H10ClN3O4S/c14-9-2-1-3-10(6-9)21-8-12(18)16-15-7-11-4-5-13(22-11)17(19)20/h1-7H,8H2,(H,16,18)/b15-7+. The molecule has 0 saturated carbocycles. The minimum Gasteiger partial charge on any atom is -0.484 e. The number of hydrogen-bond acceptors (Lipinski definition) is 6. The number of carbonyl (C=O) groups is 1. The number of nitrogens with zero attached hydrogens (tertiary/aromatic N) is 2. The maximum Gasteiger partial charge on any atom is 0.324 e. The van der Waals surface area contributed by atoms with Crippen LogP contribution in [0.3, 0.4) is 0 Å². The summed E-state index contributed by atoms with van der Waals surface area (Å²) in [7, 11) is 0. The summed E-state index contributed by atoms with van der Waals surface area (Å²) in [6.45, 7) is -0.220. The quantitative estimate of drug-likeness (QED) is 0.497. The molecule has 114 valence electrons. The van der Waals surface area contributed by atoms with Crippen molar-refractivity contribution in [1.29, 1.82) is 0 Å². The fourth-order valence-electron chi connectivity index (χ4n) is 1.42. The van der Waals surface area contributed by atoms with Gasteiger partial charge in [-0.3, -0.25) is 14.9 Å². The number of hydrogen-bond donors (Lipinski definition) is 1. The Morgan fingerprint density at radius 2 is 2.27 bits per heavy atom. The van der Waals surface area contributed by atoms with Crippen molar-refractivity contribution < 1.29 is 14.5 Å². The van der Waals surface area contributed by atoms with Gasteiger partial charge in [-0.2, -0.15) is 5.10 Å². The first kappa shape index (κ1) is 15.9. The van der Waals surface area contributed by atoms with Gasteiger partial charge in [-0.1, -0.05) is 29.0 Å². The maximum atomic E-state index is 11.5. The van der Waals surface area contributed by atoms with Crippen LogP contribution in [-0.2, 0) is 4.79 Å². The van der Waals surface area contributed by atoms with E-state index in [1.165, 1.54) is 12.3 Å². The lowest BCUT2D eigenvalue weighted by atomic mass is 10.3. The largest absolute Gasteiger partial charge is 0.484 e. The molecule has 9 heteroatoms. The first-order valence-corrected chi connectivity index (χ1v) is 7.18. The third-order valence-corrected chi connectivity index (χ3v) is 3.55. The van der Waals surface area contributed by atoms with Crippen LogP contribution in [0.15, 0.2) is 41.5 Å². The van der Waals surface area contributed by atoms with Crippen LogP contribution in [0.2, 0.25) is 5.02 Å². The van der Waals surface area contributed by atoms with E-state index in [1.54, 1.807) is 30.3 Å². The van der Waals surface area contributed by atoms with Crippen molar-refractivity contribution in [2.75, 3.05) is 6.61 Å². The number of halogens is 1. The van der Waals surface area contributed by atoms with Gasteiger partial charge in [0.05, 0.1) is 16.0 Å². The van der Waals surface area contributed by atoms with Crippen LogP contribution < -0.4 is 10.2 Å². The smallest absolute Gasteiger partial charge is 0.324 e. The minimum atomic E-state index is -0.487. The van der Waals surface area contributed by atoms with Crippen LogP contribution >= 0.6 is 22.9 Å². The molecule has 0 aliphatic carbocycles. The number of ether oxygens (including phenoxy) is 1. The summed E-state index contributed by atoms with van der Waals surface area (Å²) in [5, 5.41) is 14.7. The van der Waals surface area contributed by atoms with Crippen molar-refractivity contribution in [2.24, 2.45) is 5.10 Å². The summed E-state index contributed by atoms with van der Waals surface area (Å²) in [5.74, 6) is 0.0165. The average Bonchev–Trinajstić information content (AvgIpc) is 2.94. The highest BCUT2D eigenvalue weighted by Crippen LogP contribution is 2.22. The molecule has 0 saturated heterocycles. The first-order valence-electron chi connectivity index (χ1n) is 5.99. The highest BCUT2D eigenvalue weighted by atomic mass is 35.5. The lowest BCUT2D eigenvalue weighted by Gasteiger charge is -2.04. The Hall–Kier alpha value is -2.45. The van der Waals surface area contributed by atoms with E-state index >= 15 is 0 Å². The van der Waals surface area contributed by atoms with Crippen molar-refractivity contribution in [3.8, 4) is 5.75 Å². The zero-order chi connectivity index (χ0) is 15.9. The van der Waals surface area contributed by atoms with E-state index in [9.17, 15) is 14.9 Å². The number of rotatable bonds is 6. The molecule has 2 aromatic rings. The zero-order valence-corrected chi connectivity index (χ0v) is 12.6. The van der Waals surface area contributed by atoms with E-state index in [2.05, 4.69) is 10.5 Å². The maximum absolute atomic E-state index is 11.5. The summed E-state index contributed by atoms with van der Waals surface area (Å²) in [4.78, 5) is 22.1. The average molecular weight is 340 g/mol. The molecule has 1 heterocycles. The van der Waals surface area contributed by atoms with Crippen molar-refractivity contribution in [2.45, 2.75) is 0 Å². The lowest BCUT2D eigenvalue weighted by molar-refractivity contribution is -0.380. The van der Waals surface area contributed by atoms with Crippen LogP contribution in [0.4, 0.5) is 5.00 Å². The van der Waals surface area contributed by atoms with Gasteiger partial charge >= 0.3 is 5.00 Å². The molecule has 1 amide bonds. The third-order valence-electron chi connectivity index (χ3n) is 2.34. The van der Waals surface area contributed by atoms with Crippen LogP contribution in [0.5, 0.6) is 5.75 Å². The number of nitrogens with one attached hydrogen (secondary N) is 1. The molecular formula is C13H10ClN3O4S. The predicted molar refractivity (Wildman–Crippen MR) is 83.7 cm³/mol. The van der Waals surface area contributed by atoms with E-state index in [-0.39, 0.29) is 11.6 Å². The Morgan fingerprint density at radius 1 is 1.45 bits per heavy atom. The molecule has 2 rings (SSSR count). The normalized spacial score (nSPS) is 10.6. The second-order valence-corrected chi connectivity index (χ2v) is 5.50. The molecule has 0 aliphatic rings. The van der Waals surface area contributed by atoms with Crippen molar-refractivity contribution in [3.63, 3.8) is 0 Å². The molecule has 1 N–H and O–H groups in total. The van der Waals surface area contributed by atoms with E-state index < -0.39 is 10.8 Å². The van der Waals surface area contributed by atoms with E-state index in [1.807, 2.05) is 0 Å². The fourth-order valence-corrected chi connectivity index (χ4v) is 2.29. The number of nitro groups is 1. The second kappa shape index (κ2) is 7.53. The molecule has 0 unspecified atom stereocenters. The van der Waals surface area contributed by atoms with Crippen LogP contribution in [-0.4, -0.2) is 23.7 Å². The summed E-state index contributed by atoms with van der Waals surface area (Å²) in [6, 6.07) is 9.57. The Kier molecular flexibility index (Phi) is 5.45. The Labute approximate surface area is 134 Å². The first-order chi connectivity index (χ1) is 10.5. The predicted octanol–water partition coefficient (Wildman–Crippen LogP) is 2.84. The summed E-state index contributed by atoms with van der Waals surface area (Å²) in [6.07, 6.45) is 1.33. The second-order valence-electron chi connectivity index (χ2n) is 3.97. The SMILES string of the molecule is O=C(COc1cccc(Cl)c1)N/N=C/c1ccc([N+](=O)[O-])s1. The molecule has 0 fully saturated rings. The number of benzene rings is 1. The highest BCUT2D eigenvalue weighted by molar-refractivity contribution is 7.16. The summed E-state index contributed by atoms with van der Waals surface area (Å²) >= 11 is 6.74. The molecular weight excluding hydrogens is 330 g/mol. The van der Waals surface area contributed by atoms with Crippen LogP contribution in [0.1, 0.15) is 4.88 Å². The monoisotopic (exact) mass is 339 g/mol. The van der Waals surface area contributed by atoms with Crippen LogP contribution in [0.25, 0.3) is 0 Å². The lowest BCUT2D eigenvalue weighted by Crippen LogP contribution is -2.24. The molecule has 0 radical (unpaired) electrons. The van der Waals surface area contributed by atoms with Crippen molar-refractivity contribution >= 4 is 40.1 Å².